The van der Waals surface area contributed by atoms with Crippen molar-refractivity contribution in [3.8, 4) is 0 Å². The first kappa shape index (κ1) is 33.0. The fraction of sp³-hybridized carbons (Fsp3) is 0.208. The van der Waals surface area contributed by atoms with Crippen LogP contribution in [0.3, 0.4) is 0 Å². The van der Waals surface area contributed by atoms with Gasteiger partial charge in [-0.3, -0.25) is 0 Å². The van der Waals surface area contributed by atoms with Gasteiger partial charge in [0.2, 0.25) is 0 Å². The summed E-state index contributed by atoms with van der Waals surface area (Å²) in [5.74, 6) is 2.44. The molecule has 1 unspecified atom stereocenters. The molecule has 0 bridgehead atoms. The summed E-state index contributed by atoms with van der Waals surface area (Å²) in [5, 5.41) is 0. The molecule has 0 heterocycles. The van der Waals surface area contributed by atoms with Gasteiger partial charge < -0.3 is 0 Å². The first-order valence-corrected chi connectivity index (χ1v) is 17.7. The van der Waals surface area contributed by atoms with Crippen LogP contribution in [-0.2, 0) is 6.42 Å². The molecule has 0 heteroatoms. The minimum absolute atomic E-state index is 0.499. The summed E-state index contributed by atoms with van der Waals surface area (Å²) in [4.78, 5) is 0. The van der Waals surface area contributed by atoms with Crippen LogP contribution >= 0.6 is 0 Å². The Bertz CT molecular complexity index is 1650. The zero-order valence-electron chi connectivity index (χ0n) is 28.1. The van der Waals surface area contributed by atoms with Crippen molar-refractivity contribution in [2.75, 3.05) is 0 Å². The quantitative estimate of drug-likeness (QED) is 0.142. The van der Waals surface area contributed by atoms with Crippen LogP contribution in [0.2, 0.25) is 0 Å². The SMILES string of the molecule is C=C(CC(CCc1ccccc1)c1ccccc1)c1ccccc1.c1ccc(C2CC(c3ccccc3)CC(c3ccccc3)C2)cc1. The van der Waals surface area contributed by atoms with Crippen molar-refractivity contribution in [1.29, 1.82) is 0 Å². The van der Waals surface area contributed by atoms with E-state index in [1.807, 2.05) is 0 Å². The summed E-state index contributed by atoms with van der Waals surface area (Å²) in [6.07, 6.45) is 7.02. The second-order valence-corrected chi connectivity index (χ2v) is 13.3. The molecule has 1 fully saturated rings. The van der Waals surface area contributed by atoms with E-state index in [0.717, 1.165) is 19.3 Å². The lowest BCUT2D eigenvalue weighted by molar-refractivity contribution is 0.351. The number of hydrogen-bond donors (Lipinski definition) is 0. The van der Waals surface area contributed by atoms with Gasteiger partial charge in [-0.05, 0) is 101 Å². The normalized spacial score (nSPS) is 17.8. The third-order valence-electron chi connectivity index (χ3n) is 10.1. The fourth-order valence-corrected chi connectivity index (χ4v) is 7.50. The van der Waals surface area contributed by atoms with Gasteiger partial charge in [0.25, 0.3) is 0 Å². The second kappa shape index (κ2) is 17.3. The molecule has 6 aromatic carbocycles. The van der Waals surface area contributed by atoms with Crippen LogP contribution in [0.4, 0.5) is 0 Å². The highest BCUT2D eigenvalue weighted by Gasteiger charge is 2.31. The molecule has 0 amide bonds. The Hall–Kier alpha value is -4.94. The molecule has 48 heavy (non-hydrogen) atoms. The molecule has 0 saturated heterocycles. The highest BCUT2D eigenvalue weighted by molar-refractivity contribution is 5.64. The van der Waals surface area contributed by atoms with Gasteiger partial charge in [-0.1, -0.05) is 189 Å². The molecular weight excluding hydrogens is 577 g/mol. The molecule has 0 N–H and O–H groups in total. The third-order valence-corrected chi connectivity index (χ3v) is 10.1. The standard InChI is InChI=1S/2C24H24/c1-4-10-19(11-5-1)22-16-23(20-12-6-2-7-13-20)18-24(17-22)21-14-8-3-9-15-21;1-20(22-13-7-3-8-14-22)19-24(23-15-9-4-10-16-23)18-17-21-11-5-2-6-12-21/h1-15,22-24H,16-18H2;2-16,24H,1,17-19H2. The van der Waals surface area contributed by atoms with Crippen molar-refractivity contribution >= 4 is 5.57 Å². The van der Waals surface area contributed by atoms with Crippen molar-refractivity contribution in [3.63, 3.8) is 0 Å². The minimum atomic E-state index is 0.499. The average molecular weight is 625 g/mol. The summed E-state index contributed by atoms with van der Waals surface area (Å²) >= 11 is 0. The number of aryl methyl sites for hydroxylation is 1. The van der Waals surface area contributed by atoms with Crippen molar-refractivity contribution in [1.82, 2.24) is 0 Å². The number of benzene rings is 6. The van der Waals surface area contributed by atoms with E-state index in [1.165, 1.54) is 58.2 Å². The molecule has 6 aromatic rings. The summed E-state index contributed by atoms with van der Waals surface area (Å²) < 4.78 is 0. The molecule has 0 radical (unpaired) electrons. The Morgan fingerprint density at radius 2 is 0.812 bits per heavy atom. The van der Waals surface area contributed by atoms with Gasteiger partial charge in [0, 0.05) is 0 Å². The summed E-state index contributed by atoms with van der Waals surface area (Å²) in [6, 6.07) is 65.4. The molecule has 1 aliphatic carbocycles. The Labute approximate surface area is 288 Å². The fourth-order valence-electron chi connectivity index (χ4n) is 7.50. The zero-order chi connectivity index (χ0) is 32.8. The van der Waals surface area contributed by atoms with Crippen molar-refractivity contribution in [2.24, 2.45) is 0 Å². The highest BCUT2D eigenvalue weighted by atomic mass is 14.4. The van der Waals surface area contributed by atoms with Gasteiger partial charge in [0.1, 0.15) is 0 Å². The monoisotopic (exact) mass is 624 g/mol. The Morgan fingerprint density at radius 3 is 1.23 bits per heavy atom. The summed E-state index contributed by atoms with van der Waals surface area (Å²) in [6.45, 7) is 4.35. The number of allylic oxidation sites excluding steroid dienone is 1. The van der Waals surface area contributed by atoms with E-state index in [1.54, 1.807) is 0 Å². The average Bonchev–Trinajstić information content (AvgIpc) is 3.18. The lowest BCUT2D eigenvalue weighted by Crippen LogP contribution is -2.19. The van der Waals surface area contributed by atoms with E-state index in [-0.39, 0.29) is 0 Å². The Kier molecular flexibility index (Phi) is 11.9. The van der Waals surface area contributed by atoms with Gasteiger partial charge in [0.05, 0.1) is 0 Å². The topological polar surface area (TPSA) is 0 Å². The molecule has 0 spiro atoms. The van der Waals surface area contributed by atoms with Gasteiger partial charge in [0.15, 0.2) is 0 Å². The van der Waals surface area contributed by atoms with E-state index in [0.29, 0.717) is 23.7 Å². The van der Waals surface area contributed by atoms with Gasteiger partial charge in [-0.2, -0.15) is 0 Å². The second-order valence-electron chi connectivity index (χ2n) is 13.3. The maximum absolute atomic E-state index is 4.35. The minimum Gasteiger partial charge on any atom is -0.0952 e. The third kappa shape index (κ3) is 9.33. The zero-order valence-corrected chi connectivity index (χ0v) is 28.1. The van der Waals surface area contributed by atoms with Crippen LogP contribution < -0.4 is 0 Å². The van der Waals surface area contributed by atoms with E-state index >= 15 is 0 Å². The molecule has 1 aliphatic rings. The van der Waals surface area contributed by atoms with Crippen molar-refractivity contribution < 1.29 is 0 Å². The van der Waals surface area contributed by atoms with Crippen LogP contribution in [0.15, 0.2) is 189 Å². The van der Waals surface area contributed by atoms with Crippen LogP contribution in [0.5, 0.6) is 0 Å². The first-order valence-electron chi connectivity index (χ1n) is 17.7. The number of hydrogen-bond acceptors (Lipinski definition) is 0. The van der Waals surface area contributed by atoms with E-state index in [9.17, 15) is 0 Å². The molecule has 1 saturated carbocycles. The molecule has 0 aliphatic heterocycles. The Morgan fingerprint density at radius 1 is 0.458 bits per heavy atom. The van der Waals surface area contributed by atoms with E-state index < -0.39 is 0 Å². The largest absolute Gasteiger partial charge is 0.0952 e. The smallest absolute Gasteiger partial charge is 0.0118 e. The summed E-state index contributed by atoms with van der Waals surface area (Å²) in [7, 11) is 0. The first-order chi connectivity index (χ1) is 23.7. The molecule has 7 rings (SSSR count). The van der Waals surface area contributed by atoms with Gasteiger partial charge in [-0.25, -0.2) is 0 Å². The highest BCUT2D eigenvalue weighted by Crippen LogP contribution is 2.47. The number of rotatable bonds is 10. The van der Waals surface area contributed by atoms with Gasteiger partial charge >= 0.3 is 0 Å². The van der Waals surface area contributed by atoms with Crippen molar-refractivity contribution in [3.05, 3.63) is 222 Å². The lowest BCUT2D eigenvalue weighted by Gasteiger charge is -2.36. The maximum Gasteiger partial charge on any atom is -0.0118 e. The summed E-state index contributed by atoms with van der Waals surface area (Å²) in [5.41, 5.74) is 9.78. The molecule has 1 atom stereocenters. The van der Waals surface area contributed by atoms with Crippen LogP contribution in [0.1, 0.15) is 89.2 Å². The molecule has 0 nitrogen and oxygen atoms in total. The van der Waals surface area contributed by atoms with E-state index in [2.05, 4.69) is 189 Å². The molecule has 240 valence electrons. The van der Waals surface area contributed by atoms with Gasteiger partial charge in [-0.15, -0.1) is 0 Å². The van der Waals surface area contributed by atoms with Crippen LogP contribution in [-0.4, -0.2) is 0 Å². The van der Waals surface area contributed by atoms with Crippen LogP contribution in [0, 0.1) is 0 Å². The van der Waals surface area contributed by atoms with Crippen LogP contribution in [0.25, 0.3) is 5.57 Å². The van der Waals surface area contributed by atoms with Crippen molar-refractivity contribution in [2.45, 2.75) is 62.2 Å². The predicted molar refractivity (Wildman–Crippen MR) is 205 cm³/mol. The molecule has 0 aromatic heterocycles. The van der Waals surface area contributed by atoms with E-state index in [4.69, 9.17) is 0 Å². The Balaban J connectivity index is 0.000000167. The molecular formula is C48H48. The lowest BCUT2D eigenvalue weighted by atomic mass is 9.69. The predicted octanol–water partition coefficient (Wildman–Crippen LogP) is 13.0. The maximum atomic E-state index is 4.35.